The molecule has 1 aromatic rings. The molecule has 1 aromatic heterocycles. The molecule has 0 saturated carbocycles. The SMILES string of the molecule is COC(=O)c1c(NC(=O)CCC(C)O)sc2c1CCC2. The summed E-state index contributed by atoms with van der Waals surface area (Å²) in [5.74, 6) is -0.578. The van der Waals surface area contributed by atoms with Gasteiger partial charge in [-0.15, -0.1) is 11.3 Å². The van der Waals surface area contributed by atoms with E-state index in [1.54, 1.807) is 6.92 Å². The number of amides is 1. The Morgan fingerprint density at radius 2 is 2.20 bits per heavy atom. The van der Waals surface area contributed by atoms with Crippen molar-refractivity contribution in [2.24, 2.45) is 0 Å². The molecule has 0 aromatic carbocycles. The lowest BCUT2D eigenvalue weighted by atomic mass is 10.1. The van der Waals surface area contributed by atoms with Gasteiger partial charge < -0.3 is 15.2 Å². The van der Waals surface area contributed by atoms with Crippen molar-refractivity contribution >= 4 is 28.2 Å². The fourth-order valence-electron chi connectivity index (χ4n) is 2.34. The summed E-state index contributed by atoms with van der Waals surface area (Å²) < 4.78 is 4.82. The molecule has 5 nitrogen and oxygen atoms in total. The third-order valence-corrected chi connectivity index (χ3v) is 4.56. The van der Waals surface area contributed by atoms with E-state index in [2.05, 4.69) is 5.32 Å². The maximum atomic E-state index is 11.9. The summed E-state index contributed by atoms with van der Waals surface area (Å²) in [5, 5.41) is 12.6. The first-order chi connectivity index (χ1) is 9.52. The highest BCUT2D eigenvalue weighted by atomic mass is 32.1. The Kier molecular flexibility index (Phi) is 4.77. The first-order valence-electron chi connectivity index (χ1n) is 6.73. The number of aliphatic hydroxyl groups excluding tert-OH is 1. The average molecular weight is 297 g/mol. The molecule has 2 N–H and O–H groups in total. The minimum Gasteiger partial charge on any atom is -0.465 e. The zero-order valence-corrected chi connectivity index (χ0v) is 12.5. The number of fused-ring (bicyclic) bond motifs is 1. The Hall–Kier alpha value is -1.40. The largest absolute Gasteiger partial charge is 0.465 e. The van der Waals surface area contributed by atoms with Crippen molar-refractivity contribution in [2.75, 3.05) is 12.4 Å². The standard InChI is InChI=1S/C14H19NO4S/c1-8(16)6-7-11(17)15-13-12(14(18)19-2)9-4-3-5-10(9)20-13/h8,16H,3-7H2,1-2H3,(H,15,17). The summed E-state index contributed by atoms with van der Waals surface area (Å²) in [6.45, 7) is 1.65. The van der Waals surface area contributed by atoms with E-state index in [1.807, 2.05) is 0 Å². The molecule has 0 spiro atoms. The highest BCUT2D eigenvalue weighted by molar-refractivity contribution is 7.17. The number of anilines is 1. The number of ether oxygens (including phenoxy) is 1. The van der Waals surface area contributed by atoms with E-state index in [1.165, 1.54) is 18.4 Å². The molecular weight excluding hydrogens is 278 g/mol. The number of esters is 1. The highest BCUT2D eigenvalue weighted by Gasteiger charge is 2.27. The minimum atomic E-state index is -0.505. The fraction of sp³-hybridized carbons (Fsp3) is 0.571. The summed E-state index contributed by atoms with van der Waals surface area (Å²) >= 11 is 1.46. The van der Waals surface area contributed by atoms with Crippen molar-refractivity contribution in [3.8, 4) is 0 Å². The molecule has 0 saturated heterocycles. The second kappa shape index (κ2) is 6.37. The lowest BCUT2D eigenvalue weighted by molar-refractivity contribution is -0.116. The van der Waals surface area contributed by atoms with Crippen molar-refractivity contribution in [3.63, 3.8) is 0 Å². The van der Waals surface area contributed by atoms with Gasteiger partial charge in [-0.1, -0.05) is 0 Å². The molecule has 110 valence electrons. The van der Waals surface area contributed by atoms with Crippen molar-refractivity contribution in [1.82, 2.24) is 0 Å². The lowest BCUT2D eigenvalue weighted by Crippen LogP contribution is -2.16. The van der Waals surface area contributed by atoms with Crippen LogP contribution in [-0.2, 0) is 22.4 Å². The van der Waals surface area contributed by atoms with Crippen molar-refractivity contribution in [2.45, 2.75) is 45.1 Å². The normalized spacial score (nSPS) is 14.8. The number of hydrogen-bond acceptors (Lipinski definition) is 5. The molecule has 0 radical (unpaired) electrons. The van der Waals surface area contributed by atoms with Crippen LogP contribution in [0.1, 0.15) is 47.0 Å². The summed E-state index contributed by atoms with van der Waals surface area (Å²) in [6.07, 6.45) is 2.99. The van der Waals surface area contributed by atoms with Gasteiger partial charge in [0.05, 0.1) is 18.8 Å². The number of aliphatic hydroxyl groups is 1. The summed E-state index contributed by atoms with van der Waals surface area (Å²) in [4.78, 5) is 24.9. The van der Waals surface area contributed by atoms with Gasteiger partial charge in [0.15, 0.2) is 0 Å². The predicted octanol–water partition coefficient (Wildman–Crippen LogP) is 2.12. The first-order valence-corrected chi connectivity index (χ1v) is 7.55. The van der Waals surface area contributed by atoms with Crippen LogP contribution in [-0.4, -0.2) is 30.2 Å². The van der Waals surface area contributed by atoms with Gasteiger partial charge in [-0.2, -0.15) is 0 Å². The van der Waals surface area contributed by atoms with Crippen molar-refractivity contribution in [3.05, 3.63) is 16.0 Å². The topological polar surface area (TPSA) is 75.6 Å². The van der Waals surface area contributed by atoms with Crippen LogP contribution in [0.25, 0.3) is 0 Å². The van der Waals surface area contributed by atoms with E-state index in [9.17, 15) is 14.7 Å². The van der Waals surface area contributed by atoms with Gasteiger partial charge in [-0.05, 0) is 38.2 Å². The van der Waals surface area contributed by atoms with Crippen molar-refractivity contribution in [1.29, 1.82) is 0 Å². The van der Waals surface area contributed by atoms with E-state index in [0.29, 0.717) is 17.0 Å². The third kappa shape index (κ3) is 3.19. The van der Waals surface area contributed by atoms with E-state index in [0.717, 1.165) is 29.7 Å². The number of thiophene rings is 1. The Balaban J connectivity index is 2.15. The second-order valence-corrected chi connectivity index (χ2v) is 6.09. The van der Waals surface area contributed by atoms with Gasteiger partial charge in [0.2, 0.25) is 5.91 Å². The third-order valence-electron chi connectivity index (χ3n) is 3.35. The quantitative estimate of drug-likeness (QED) is 0.816. The zero-order valence-electron chi connectivity index (χ0n) is 11.7. The molecule has 1 atom stereocenters. The Morgan fingerprint density at radius 3 is 2.85 bits per heavy atom. The molecule has 1 aliphatic carbocycles. The number of carbonyl (C=O) groups excluding carboxylic acids is 2. The molecule has 0 bridgehead atoms. The second-order valence-electron chi connectivity index (χ2n) is 4.99. The molecule has 1 aliphatic rings. The number of carbonyl (C=O) groups is 2. The van der Waals surface area contributed by atoms with Gasteiger partial charge >= 0.3 is 5.97 Å². The fourth-order valence-corrected chi connectivity index (χ4v) is 3.63. The molecule has 1 amide bonds. The number of hydrogen-bond donors (Lipinski definition) is 2. The molecule has 0 aliphatic heterocycles. The molecule has 1 unspecified atom stereocenters. The molecular formula is C14H19NO4S. The van der Waals surface area contributed by atoms with Crippen LogP contribution in [0.4, 0.5) is 5.00 Å². The van der Waals surface area contributed by atoms with Crippen LogP contribution in [0.15, 0.2) is 0 Å². The minimum absolute atomic E-state index is 0.184. The average Bonchev–Trinajstić information content (AvgIpc) is 2.95. The molecule has 6 heteroatoms. The van der Waals surface area contributed by atoms with Gasteiger partial charge in [0.1, 0.15) is 5.00 Å². The number of rotatable bonds is 5. The van der Waals surface area contributed by atoms with Gasteiger partial charge in [0.25, 0.3) is 0 Å². The number of aryl methyl sites for hydroxylation is 1. The Labute approximate surface area is 121 Å². The Bertz CT molecular complexity index is 521. The van der Waals surface area contributed by atoms with Crippen LogP contribution in [0, 0.1) is 0 Å². The highest BCUT2D eigenvalue weighted by Crippen LogP contribution is 2.39. The van der Waals surface area contributed by atoms with Crippen LogP contribution >= 0.6 is 11.3 Å². The predicted molar refractivity (Wildman–Crippen MR) is 77.2 cm³/mol. The maximum absolute atomic E-state index is 11.9. The van der Waals surface area contributed by atoms with Crippen LogP contribution in [0.3, 0.4) is 0 Å². The van der Waals surface area contributed by atoms with Crippen LogP contribution in [0.5, 0.6) is 0 Å². The van der Waals surface area contributed by atoms with E-state index in [-0.39, 0.29) is 12.3 Å². The summed E-state index contributed by atoms with van der Waals surface area (Å²) in [6, 6.07) is 0. The molecule has 0 fully saturated rings. The van der Waals surface area contributed by atoms with E-state index in [4.69, 9.17) is 4.74 Å². The smallest absolute Gasteiger partial charge is 0.341 e. The van der Waals surface area contributed by atoms with Crippen LogP contribution in [0.2, 0.25) is 0 Å². The van der Waals surface area contributed by atoms with Crippen molar-refractivity contribution < 1.29 is 19.4 Å². The summed E-state index contributed by atoms with van der Waals surface area (Å²) in [7, 11) is 1.35. The monoisotopic (exact) mass is 297 g/mol. The molecule has 1 heterocycles. The van der Waals surface area contributed by atoms with Gasteiger partial charge in [0, 0.05) is 11.3 Å². The van der Waals surface area contributed by atoms with Gasteiger partial charge in [-0.3, -0.25) is 4.79 Å². The van der Waals surface area contributed by atoms with Gasteiger partial charge in [-0.25, -0.2) is 4.79 Å². The molecule has 2 rings (SSSR count). The first kappa shape index (κ1) is 15.0. The lowest BCUT2D eigenvalue weighted by Gasteiger charge is -2.07. The number of nitrogens with one attached hydrogen (secondary N) is 1. The molecule has 20 heavy (non-hydrogen) atoms. The summed E-state index contributed by atoms with van der Waals surface area (Å²) in [5.41, 5.74) is 1.53. The van der Waals surface area contributed by atoms with Crippen LogP contribution < -0.4 is 5.32 Å². The van der Waals surface area contributed by atoms with E-state index >= 15 is 0 Å². The zero-order chi connectivity index (χ0) is 14.7. The number of methoxy groups -OCH3 is 1. The van der Waals surface area contributed by atoms with E-state index < -0.39 is 12.1 Å². The maximum Gasteiger partial charge on any atom is 0.341 e. The Morgan fingerprint density at radius 1 is 1.45 bits per heavy atom.